The van der Waals surface area contributed by atoms with E-state index in [2.05, 4.69) is 23.7 Å². The van der Waals surface area contributed by atoms with Crippen molar-refractivity contribution in [1.82, 2.24) is 9.78 Å². The largest absolute Gasteiger partial charge is 0.471 e. The Morgan fingerprint density at radius 1 is 1.25 bits per heavy atom. The standard InChI is InChI=1S/C15H18N2O3/c1-11(2)12-4-6-13(7-5-12)20-10-17-9-8-14(16-17)15(18)19-3/h4-9,11H,10H2,1-3H3. The summed E-state index contributed by atoms with van der Waals surface area (Å²) in [6.45, 7) is 4.54. The van der Waals surface area contributed by atoms with Crippen LogP contribution in [0.2, 0.25) is 0 Å². The van der Waals surface area contributed by atoms with E-state index in [-0.39, 0.29) is 12.4 Å². The van der Waals surface area contributed by atoms with Crippen molar-refractivity contribution < 1.29 is 14.3 Å². The molecule has 0 atom stereocenters. The predicted octanol–water partition coefficient (Wildman–Crippen LogP) is 2.83. The van der Waals surface area contributed by atoms with Gasteiger partial charge in [0.1, 0.15) is 5.75 Å². The number of hydrogen-bond donors (Lipinski definition) is 0. The molecule has 5 heteroatoms. The van der Waals surface area contributed by atoms with Gasteiger partial charge in [-0.3, -0.25) is 0 Å². The molecule has 0 amide bonds. The quantitative estimate of drug-likeness (QED) is 0.787. The third-order valence-electron chi connectivity index (χ3n) is 2.95. The molecule has 0 saturated heterocycles. The maximum atomic E-state index is 11.3. The molecule has 1 aromatic heterocycles. The molecule has 0 saturated carbocycles. The second-order valence-corrected chi connectivity index (χ2v) is 4.73. The fraction of sp³-hybridized carbons (Fsp3) is 0.333. The van der Waals surface area contributed by atoms with E-state index in [1.807, 2.05) is 24.3 Å². The molecule has 106 valence electrons. The zero-order valence-corrected chi connectivity index (χ0v) is 11.9. The van der Waals surface area contributed by atoms with Crippen molar-refractivity contribution in [1.29, 1.82) is 0 Å². The van der Waals surface area contributed by atoms with Gasteiger partial charge in [-0.05, 0) is 29.7 Å². The zero-order chi connectivity index (χ0) is 14.5. The minimum Gasteiger partial charge on any atom is -0.471 e. The highest BCUT2D eigenvalue weighted by atomic mass is 16.5. The van der Waals surface area contributed by atoms with Gasteiger partial charge in [0, 0.05) is 6.20 Å². The zero-order valence-electron chi connectivity index (χ0n) is 11.9. The molecule has 1 aromatic carbocycles. The Morgan fingerprint density at radius 2 is 1.95 bits per heavy atom. The third kappa shape index (κ3) is 3.38. The summed E-state index contributed by atoms with van der Waals surface area (Å²) >= 11 is 0. The summed E-state index contributed by atoms with van der Waals surface area (Å²) < 4.78 is 11.7. The Bertz CT molecular complexity index is 573. The lowest BCUT2D eigenvalue weighted by Crippen LogP contribution is -2.08. The molecule has 0 unspecified atom stereocenters. The summed E-state index contributed by atoms with van der Waals surface area (Å²) in [6.07, 6.45) is 1.68. The van der Waals surface area contributed by atoms with E-state index in [0.717, 1.165) is 5.75 Å². The molecule has 0 aliphatic heterocycles. The van der Waals surface area contributed by atoms with Gasteiger partial charge in [-0.2, -0.15) is 5.10 Å². The van der Waals surface area contributed by atoms with Crippen molar-refractivity contribution in [2.45, 2.75) is 26.5 Å². The lowest BCUT2D eigenvalue weighted by molar-refractivity contribution is 0.0592. The van der Waals surface area contributed by atoms with Crippen LogP contribution in [0.25, 0.3) is 0 Å². The minimum atomic E-state index is -0.454. The molecule has 0 aliphatic carbocycles. The summed E-state index contributed by atoms with van der Waals surface area (Å²) in [6, 6.07) is 9.54. The molecule has 5 nitrogen and oxygen atoms in total. The summed E-state index contributed by atoms with van der Waals surface area (Å²) in [7, 11) is 1.33. The van der Waals surface area contributed by atoms with Crippen LogP contribution >= 0.6 is 0 Å². The first-order valence-electron chi connectivity index (χ1n) is 6.44. The Kier molecular flexibility index (Phi) is 4.40. The van der Waals surface area contributed by atoms with Gasteiger partial charge in [0.15, 0.2) is 12.4 Å². The predicted molar refractivity (Wildman–Crippen MR) is 74.7 cm³/mol. The van der Waals surface area contributed by atoms with Crippen LogP contribution < -0.4 is 4.74 Å². The minimum absolute atomic E-state index is 0.248. The Morgan fingerprint density at radius 3 is 2.55 bits per heavy atom. The number of esters is 1. The van der Waals surface area contributed by atoms with E-state index >= 15 is 0 Å². The van der Waals surface area contributed by atoms with Crippen LogP contribution in [0.3, 0.4) is 0 Å². The summed E-state index contributed by atoms with van der Waals surface area (Å²) in [5.74, 6) is 0.812. The average Bonchev–Trinajstić information content (AvgIpc) is 2.93. The van der Waals surface area contributed by atoms with Gasteiger partial charge in [-0.1, -0.05) is 26.0 Å². The van der Waals surface area contributed by atoms with Gasteiger partial charge in [-0.15, -0.1) is 0 Å². The molecule has 0 spiro atoms. The molecule has 20 heavy (non-hydrogen) atoms. The molecule has 0 radical (unpaired) electrons. The van der Waals surface area contributed by atoms with Crippen LogP contribution in [0.1, 0.15) is 35.8 Å². The normalized spacial score (nSPS) is 10.6. The maximum absolute atomic E-state index is 11.3. The molecule has 0 N–H and O–H groups in total. The number of benzene rings is 1. The molecule has 2 aromatic rings. The van der Waals surface area contributed by atoms with Crippen LogP contribution in [0.15, 0.2) is 36.5 Å². The van der Waals surface area contributed by atoms with Crippen LogP contribution in [0, 0.1) is 0 Å². The molecule has 0 aliphatic rings. The molecular weight excluding hydrogens is 256 g/mol. The van der Waals surface area contributed by atoms with E-state index in [1.165, 1.54) is 12.7 Å². The number of carbonyl (C=O) groups excluding carboxylic acids is 1. The second-order valence-electron chi connectivity index (χ2n) is 4.73. The molecule has 1 heterocycles. The van der Waals surface area contributed by atoms with Crippen molar-refractivity contribution in [3.05, 3.63) is 47.8 Å². The fourth-order valence-corrected chi connectivity index (χ4v) is 1.74. The average molecular weight is 274 g/mol. The highest BCUT2D eigenvalue weighted by Gasteiger charge is 2.09. The first-order chi connectivity index (χ1) is 9.60. The second kappa shape index (κ2) is 6.23. The Labute approximate surface area is 118 Å². The van der Waals surface area contributed by atoms with Gasteiger partial charge in [0.05, 0.1) is 7.11 Å². The number of rotatable bonds is 5. The van der Waals surface area contributed by atoms with E-state index in [4.69, 9.17) is 4.74 Å². The van der Waals surface area contributed by atoms with Gasteiger partial charge in [0.2, 0.25) is 0 Å². The van der Waals surface area contributed by atoms with Crippen molar-refractivity contribution in [3.63, 3.8) is 0 Å². The molecule has 2 rings (SSSR count). The van der Waals surface area contributed by atoms with Gasteiger partial charge >= 0.3 is 5.97 Å². The topological polar surface area (TPSA) is 53.4 Å². The first-order valence-corrected chi connectivity index (χ1v) is 6.44. The number of methoxy groups -OCH3 is 1. The lowest BCUT2D eigenvalue weighted by atomic mass is 10.0. The van der Waals surface area contributed by atoms with Gasteiger partial charge in [-0.25, -0.2) is 9.48 Å². The molecular formula is C15H18N2O3. The Hall–Kier alpha value is -2.30. The number of ether oxygens (including phenoxy) is 2. The number of hydrogen-bond acceptors (Lipinski definition) is 4. The van der Waals surface area contributed by atoms with Crippen molar-refractivity contribution >= 4 is 5.97 Å². The van der Waals surface area contributed by atoms with Crippen molar-refractivity contribution in [2.75, 3.05) is 7.11 Å². The number of carbonyl (C=O) groups is 1. The maximum Gasteiger partial charge on any atom is 0.358 e. The monoisotopic (exact) mass is 274 g/mol. The molecule has 0 bridgehead atoms. The van der Waals surface area contributed by atoms with Crippen LogP contribution in [0.5, 0.6) is 5.75 Å². The highest BCUT2D eigenvalue weighted by molar-refractivity contribution is 5.86. The van der Waals surface area contributed by atoms with E-state index < -0.39 is 5.97 Å². The van der Waals surface area contributed by atoms with Gasteiger partial charge < -0.3 is 9.47 Å². The Balaban J connectivity index is 1.94. The van der Waals surface area contributed by atoms with Crippen LogP contribution in [-0.2, 0) is 11.5 Å². The van der Waals surface area contributed by atoms with Crippen molar-refractivity contribution in [2.24, 2.45) is 0 Å². The van der Waals surface area contributed by atoms with E-state index in [0.29, 0.717) is 5.92 Å². The highest BCUT2D eigenvalue weighted by Crippen LogP contribution is 2.18. The fourth-order valence-electron chi connectivity index (χ4n) is 1.74. The van der Waals surface area contributed by atoms with E-state index in [9.17, 15) is 4.79 Å². The van der Waals surface area contributed by atoms with E-state index in [1.54, 1.807) is 16.9 Å². The molecule has 0 fully saturated rings. The number of aromatic nitrogens is 2. The lowest BCUT2D eigenvalue weighted by Gasteiger charge is -2.08. The smallest absolute Gasteiger partial charge is 0.358 e. The van der Waals surface area contributed by atoms with Crippen LogP contribution in [0.4, 0.5) is 0 Å². The summed E-state index contributed by atoms with van der Waals surface area (Å²) in [5, 5.41) is 4.06. The number of nitrogens with zero attached hydrogens (tertiary/aromatic N) is 2. The SMILES string of the molecule is COC(=O)c1ccn(COc2ccc(C(C)C)cc2)n1. The third-order valence-corrected chi connectivity index (χ3v) is 2.95. The first kappa shape index (κ1) is 14.1. The van der Waals surface area contributed by atoms with Crippen molar-refractivity contribution in [3.8, 4) is 5.75 Å². The summed E-state index contributed by atoms with van der Waals surface area (Å²) in [5.41, 5.74) is 1.54. The van der Waals surface area contributed by atoms with Crippen LogP contribution in [-0.4, -0.2) is 22.9 Å². The van der Waals surface area contributed by atoms with Gasteiger partial charge in [0.25, 0.3) is 0 Å². The summed E-state index contributed by atoms with van der Waals surface area (Å²) in [4.78, 5) is 11.3.